The van der Waals surface area contributed by atoms with Gasteiger partial charge in [0.2, 0.25) is 0 Å². The first-order valence-electron chi connectivity index (χ1n) is 6.76. The maximum atomic E-state index is 12.1. The van der Waals surface area contributed by atoms with Gasteiger partial charge in [0.1, 0.15) is 5.75 Å². The molecule has 0 fully saturated rings. The Hall–Kier alpha value is -3.33. The van der Waals surface area contributed by atoms with Crippen LogP contribution in [0.2, 0.25) is 0 Å². The molecule has 0 atom stereocenters. The molecule has 0 saturated carbocycles. The summed E-state index contributed by atoms with van der Waals surface area (Å²) in [6.07, 6.45) is 0. The number of carbonyl (C=O) groups is 1. The summed E-state index contributed by atoms with van der Waals surface area (Å²) in [5.74, 6) is 5.51. The fourth-order valence-corrected chi connectivity index (χ4v) is 1.87. The molecule has 1 N–H and O–H groups in total. The molecular weight excluding hydrogens is 296 g/mol. The highest BCUT2D eigenvalue weighted by Crippen LogP contribution is 2.23. The second-order valence-corrected chi connectivity index (χ2v) is 4.49. The monoisotopic (exact) mass is 310 g/mol. The molecule has 0 bridgehead atoms. The third-order valence-electron chi connectivity index (χ3n) is 2.98. The lowest BCUT2D eigenvalue weighted by atomic mass is 10.1. The van der Waals surface area contributed by atoms with Gasteiger partial charge < -0.3 is 10.1 Å². The zero-order valence-electron chi connectivity index (χ0n) is 12.4. The smallest absolute Gasteiger partial charge is 0.270 e. The summed E-state index contributed by atoms with van der Waals surface area (Å²) >= 11 is 0. The van der Waals surface area contributed by atoms with Crippen molar-refractivity contribution in [2.75, 3.05) is 13.7 Å². The minimum atomic E-state index is -0.564. The Morgan fingerprint density at radius 1 is 1.26 bits per heavy atom. The highest BCUT2D eigenvalue weighted by molar-refractivity contribution is 5.97. The van der Waals surface area contributed by atoms with Gasteiger partial charge in [-0.2, -0.15) is 0 Å². The molecule has 0 saturated heterocycles. The van der Waals surface area contributed by atoms with E-state index in [0.29, 0.717) is 0 Å². The fourth-order valence-electron chi connectivity index (χ4n) is 1.87. The van der Waals surface area contributed by atoms with Crippen LogP contribution < -0.4 is 10.1 Å². The molecule has 1 amide bonds. The molecule has 6 nitrogen and oxygen atoms in total. The number of non-ortho nitro benzene ring substituents is 1. The van der Waals surface area contributed by atoms with E-state index in [1.165, 1.54) is 25.3 Å². The van der Waals surface area contributed by atoms with Crippen molar-refractivity contribution in [2.24, 2.45) is 0 Å². The first-order chi connectivity index (χ1) is 11.1. The van der Waals surface area contributed by atoms with Crippen LogP contribution in [0.25, 0.3) is 0 Å². The summed E-state index contributed by atoms with van der Waals surface area (Å²) in [6.45, 7) is 0.125. The Labute approximate surface area is 133 Å². The van der Waals surface area contributed by atoms with Crippen molar-refractivity contribution in [1.29, 1.82) is 0 Å². The molecule has 0 aromatic heterocycles. The van der Waals surface area contributed by atoms with Crippen LogP contribution in [0.3, 0.4) is 0 Å². The number of amides is 1. The minimum Gasteiger partial charge on any atom is -0.496 e. The van der Waals surface area contributed by atoms with Crippen LogP contribution in [0.1, 0.15) is 15.9 Å². The highest BCUT2D eigenvalue weighted by Gasteiger charge is 2.16. The SMILES string of the molecule is COc1ccc([N+](=O)[O-])cc1C(=O)NCC#Cc1ccccc1. The molecule has 0 aliphatic heterocycles. The zero-order chi connectivity index (χ0) is 16.7. The lowest BCUT2D eigenvalue weighted by molar-refractivity contribution is -0.384. The number of ether oxygens (including phenoxy) is 1. The molecule has 116 valence electrons. The van der Waals surface area contributed by atoms with Gasteiger partial charge in [-0.05, 0) is 18.2 Å². The number of nitro benzene ring substituents is 1. The molecule has 2 aromatic carbocycles. The number of nitrogens with zero attached hydrogens (tertiary/aromatic N) is 1. The van der Waals surface area contributed by atoms with Crippen molar-refractivity contribution < 1.29 is 14.5 Å². The number of rotatable bonds is 4. The largest absolute Gasteiger partial charge is 0.496 e. The Morgan fingerprint density at radius 3 is 2.65 bits per heavy atom. The fraction of sp³-hybridized carbons (Fsp3) is 0.118. The van der Waals surface area contributed by atoms with Crippen LogP contribution in [-0.4, -0.2) is 24.5 Å². The van der Waals surface area contributed by atoms with E-state index >= 15 is 0 Å². The van der Waals surface area contributed by atoms with E-state index in [4.69, 9.17) is 4.74 Å². The average Bonchev–Trinajstić information content (AvgIpc) is 2.58. The summed E-state index contributed by atoms with van der Waals surface area (Å²) in [6, 6.07) is 13.2. The molecule has 0 unspecified atom stereocenters. The van der Waals surface area contributed by atoms with Crippen LogP contribution in [-0.2, 0) is 0 Å². The molecule has 0 radical (unpaired) electrons. The summed E-state index contributed by atoms with van der Waals surface area (Å²) in [5.41, 5.74) is 0.768. The second kappa shape index (κ2) is 7.61. The Balaban J connectivity index is 2.07. The van der Waals surface area contributed by atoms with Crippen molar-refractivity contribution in [1.82, 2.24) is 5.32 Å². The van der Waals surface area contributed by atoms with E-state index in [2.05, 4.69) is 17.2 Å². The van der Waals surface area contributed by atoms with E-state index in [1.54, 1.807) is 0 Å². The van der Waals surface area contributed by atoms with E-state index < -0.39 is 10.8 Å². The third-order valence-corrected chi connectivity index (χ3v) is 2.98. The van der Waals surface area contributed by atoms with Gasteiger partial charge in [-0.15, -0.1) is 0 Å². The Bertz CT molecular complexity index is 776. The highest BCUT2D eigenvalue weighted by atomic mass is 16.6. The van der Waals surface area contributed by atoms with E-state index in [-0.39, 0.29) is 23.5 Å². The average molecular weight is 310 g/mol. The van der Waals surface area contributed by atoms with Crippen LogP contribution in [0.5, 0.6) is 5.75 Å². The lowest BCUT2D eigenvalue weighted by Gasteiger charge is -2.07. The number of methoxy groups -OCH3 is 1. The molecule has 6 heteroatoms. The van der Waals surface area contributed by atoms with Crippen molar-refractivity contribution in [3.05, 3.63) is 69.8 Å². The van der Waals surface area contributed by atoms with Gasteiger partial charge in [-0.1, -0.05) is 30.0 Å². The minimum absolute atomic E-state index is 0.100. The Morgan fingerprint density at radius 2 is 2.00 bits per heavy atom. The number of nitrogens with one attached hydrogen (secondary N) is 1. The van der Waals surface area contributed by atoms with Gasteiger partial charge in [0.15, 0.2) is 0 Å². The number of carbonyl (C=O) groups excluding carboxylic acids is 1. The van der Waals surface area contributed by atoms with Gasteiger partial charge in [0.25, 0.3) is 11.6 Å². The molecule has 0 heterocycles. The topological polar surface area (TPSA) is 81.5 Å². The number of hydrogen-bond donors (Lipinski definition) is 1. The standard InChI is InChI=1S/C17H14N2O4/c1-23-16-10-9-14(19(21)22)12-15(16)17(20)18-11-5-8-13-6-3-2-4-7-13/h2-4,6-7,9-10,12H,11H2,1H3,(H,18,20). The summed E-state index contributed by atoms with van der Waals surface area (Å²) in [7, 11) is 1.40. The molecular formula is C17H14N2O4. The van der Waals surface area contributed by atoms with Crippen LogP contribution >= 0.6 is 0 Å². The lowest BCUT2D eigenvalue weighted by Crippen LogP contribution is -2.24. The molecule has 2 rings (SSSR count). The third kappa shape index (κ3) is 4.32. The van der Waals surface area contributed by atoms with E-state index in [0.717, 1.165) is 5.56 Å². The zero-order valence-corrected chi connectivity index (χ0v) is 12.4. The molecule has 0 aliphatic carbocycles. The first kappa shape index (κ1) is 16.0. The normalized spacial score (nSPS) is 9.43. The predicted octanol–water partition coefficient (Wildman–Crippen LogP) is 2.38. The van der Waals surface area contributed by atoms with Gasteiger partial charge in [0.05, 0.1) is 24.1 Å². The van der Waals surface area contributed by atoms with Crippen LogP contribution in [0.4, 0.5) is 5.69 Å². The molecule has 0 aliphatic rings. The maximum Gasteiger partial charge on any atom is 0.270 e. The number of benzene rings is 2. The molecule has 23 heavy (non-hydrogen) atoms. The van der Waals surface area contributed by atoms with Gasteiger partial charge in [-0.3, -0.25) is 14.9 Å². The summed E-state index contributed by atoms with van der Waals surface area (Å²) in [5, 5.41) is 13.4. The summed E-state index contributed by atoms with van der Waals surface area (Å²) in [4.78, 5) is 22.4. The van der Waals surface area contributed by atoms with Crippen molar-refractivity contribution in [2.45, 2.75) is 0 Å². The maximum absolute atomic E-state index is 12.1. The summed E-state index contributed by atoms with van der Waals surface area (Å²) < 4.78 is 5.06. The molecule has 2 aromatic rings. The van der Waals surface area contributed by atoms with E-state index in [1.807, 2.05) is 30.3 Å². The van der Waals surface area contributed by atoms with Gasteiger partial charge >= 0.3 is 0 Å². The Kier molecular flexibility index (Phi) is 5.31. The van der Waals surface area contributed by atoms with Crippen molar-refractivity contribution >= 4 is 11.6 Å². The van der Waals surface area contributed by atoms with Crippen molar-refractivity contribution in [3.63, 3.8) is 0 Å². The van der Waals surface area contributed by atoms with Gasteiger partial charge in [-0.25, -0.2) is 0 Å². The van der Waals surface area contributed by atoms with Crippen molar-refractivity contribution in [3.8, 4) is 17.6 Å². The molecule has 0 spiro atoms. The van der Waals surface area contributed by atoms with Gasteiger partial charge in [0, 0.05) is 17.7 Å². The number of nitro groups is 1. The quantitative estimate of drug-likeness (QED) is 0.534. The van der Waals surface area contributed by atoms with Crippen LogP contribution in [0, 0.1) is 22.0 Å². The predicted molar refractivity (Wildman–Crippen MR) is 85.3 cm³/mol. The van der Waals surface area contributed by atoms with Crippen LogP contribution in [0.15, 0.2) is 48.5 Å². The van der Waals surface area contributed by atoms with E-state index in [9.17, 15) is 14.9 Å². The number of hydrogen-bond acceptors (Lipinski definition) is 4. The second-order valence-electron chi connectivity index (χ2n) is 4.49. The first-order valence-corrected chi connectivity index (χ1v) is 6.76.